The van der Waals surface area contributed by atoms with Gasteiger partial charge in [0.15, 0.2) is 11.6 Å². The summed E-state index contributed by atoms with van der Waals surface area (Å²) in [6.07, 6.45) is 3.07. The van der Waals surface area contributed by atoms with Gasteiger partial charge in [-0.15, -0.1) is 0 Å². The van der Waals surface area contributed by atoms with E-state index >= 15 is 0 Å². The standard InChI is InChI=1S/C25H30N4O8S3/c1-25(2,3)10-9-13-7-6-8-15-18(13)22(31)19(23(32)20(15)28-40(5,36)37)24-26-38-17-12-14(27-39(4,34)35)11-16(30)21(17)29(24)33/h6-8,11-12,20,27-28,30-31,33H,9-10H2,1-5H3. The molecule has 40 heavy (non-hydrogen) atoms. The Hall–Kier alpha value is -3.11. The molecular weight excluding hydrogens is 580 g/mol. The van der Waals surface area contributed by atoms with Gasteiger partial charge in [-0.3, -0.25) is 14.7 Å². The number of hydrogen-bond donors (Lipinski definition) is 5. The molecule has 2 aliphatic rings. The summed E-state index contributed by atoms with van der Waals surface area (Å²) in [5.74, 6) is -2.32. The van der Waals surface area contributed by atoms with Gasteiger partial charge in [-0.25, -0.2) is 21.6 Å². The van der Waals surface area contributed by atoms with E-state index in [1.165, 1.54) is 6.07 Å². The minimum Gasteiger partial charge on any atom is -0.506 e. The maximum absolute atomic E-state index is 13.7. The number of phenolic OH excluding ortho intramolecular Hbond substituents is 1. The number of nitrogens with zero attached hydrogens (tertiary/aromatic N) is 2. The largest absolute Gasteiger partial charge is 0.506 e. The molecule has 0 radical (unpaired) electrons. The Morgan fingerprint density at radius 1 is 1.07 bits per heavy atom. The van der Waals surface area contributed by atoms with E-state index in [1.807, 2.05) is 0 Å². The van der Waals surface area contributed by atoms with Gasteiger partial charge >= 0.3 is 0 Å². The lowest BCUT2D eigenvalue weighted by Gasteiger charge is -2.32. The number of carbonyl (C=O) groups is 1. The number of fused-ring (bicyclic) bond motifs is 2. The highest BCUT2D eigenvalue weighted by molar-refractivity contribution is 7.98. The van der Waals surface area contributed by atoms with E-state index < -0.39 is 54.8 Å². The number of aliphatic hydroxyl groups is 1. The van der Waals surface area contributed by atoms with Crippen LogP contribution in [0.1, 0.15) is 49.9 Å². The molecule has 5 N–H and O–H groups in total. The average molecular weight is 611 g/mol. The predicted molar refractivity (Wildman–Crippen MR) is 154 cm³/mol. The topological polar surface area (TPSA) is 186 Å². The first-order chi connectivity index (χ1) is 18.4. The van der Waals surface area contributed by atoms with E-state index in [-0.39, 0.29) is 32.8 Å². The number of anilines is 2. The zero-order chi connectivity index (χ0) is 29.8. The number of ketones is 1. The number of aromatic hydroxyl groups is 1. The minimum absolute atomic E-state index is 0.0175. The number of amidine groups is 1. The molecule has 2 aromatic rings. The molecule has 0 saturated carbocycles. The smallest absolute Gasteiger partial charge is 0.229 e. The van der Waals surface area contributed by atoms with Crippen LogP contribution in [0.4, 0.5) is 11.4 Å². The molecule has 2 aromatic carbocycles. The third-order valence-corrected chi connectivity index (χ3v) is 8.22. The Morgan fingerprint density at radius 2 is 1.75 bits per heavy atom. The third kappa shape index (κ3) is 6.28. The number of Topliss-reactive ketones (excluding diaryl/α,β-unsaturated/α-hetero) is 1. The van der Waals surface area contributed by atoms with Crippen LogP contribution in [-0.4, -0.2) is 56.4 Å². The highest BCUT2D eigenvalue weighted by atomic mass is 32.2. The minimum atomic E-state index is -3.90. The molecule has 0 spiro atoms. The van der Waals surface area contributed by atoms with Gasteiger partial charge in [-0.1, -0.05) is 39.0 Å². The summed E-state index contributed by atoms with van der Waals surface area (Å²) < 4.78 is 56.5. The highest BCUT2D eigenvalue weighted by Gasteiger charge is 2.42. The zero-order valence-corrected chi connectivity index (χ0v) is 24.8. The van der Waals surface area contributed by atoms with Crippen molar-refractivity contribution in [3.05, 3.63) is 52.6 Å². The summed E-state index contributed by atoms with van der Waals surface area (Å²) in [5, 5.41) is 33.7. The molecule has 1 atom stereocenters. The first-order valence-electron chi connectivity index (χ1n) is 12.0. The van der Waals surface area contributed by atoms with Crippen LogP contribution in [-0.2, 0) is 31.3 Å². The molecule has 216 valence electrons. The molecule has 0 amide bonds. The molecule has 1 unspecified atom stereocenters. The first kappa shape index (κ1) is 29.9. The van der Waals surface area contributed by atoms with Crippen molar-refractivity contribution in [3.63, 3.8) is 0 Å². The summed E-state index contributed by atoms with van der Waals surface area (Å²) in [6.45, 7) is 6.17. The highest BCUT2D eigenvalue weighted by Crippen LogP contribution is 2.46. The van der Waals surface area contributed by atoms with Crippen LogP contribution in [0.15, 0.2) is 45.2 Å². The molecular formula is C25H30N4O8S3. The molecule has 0 saturated heterocycles. The number of carbonyl (C=O) groups excluding carboxylic acids is 1. The van der Waals surface area contributed by atoms with Crippen molar-refractivity contribution in [3.8, 4) is 5.75 Å². The van der Waals surface area contributed by atoms with Crippen molar-refractivity contribution in [1.82, 2.24) is 4.72 Å². The quantitative estimate of drug-likeness (QED) is 0.291. The van der Waals surface area contributed by atoms with Crippen molar-refractivity contribution < 1.29 is 37.1 Å². The average Bonchev–Trinajstić information content (AvgIpc) is 2.79. The van der Waals surface area contributed by atoms with Crippen LogP contribution in [0.5, 0.6) is 5.75 Å². The van der Waals surface area contributed by atoms with E-state index in [0.717, 1.165) is 36.9 Å². The number of hydroxylamine groups is 1. The summed E-state index contributed by atoms with van der Waals surface area (Å²) in [4.78, 5) is 13.9. The van der Waals surface area contributed by atoms with Crippen molar-refractivity contribution in [1.29, 1.82) is 0 Å². The van der Waals surface area contributed by atoms with Gasteiger partial charge < -0.3 is 10.2 Å². The fourth-order valence-corrected chi connectivity index (χ4v) is 6.50. The van der Waals surface area contributed by atoms with E-state index in [0.29, 0.717) is 17.0 Å². The number of rotatable bonds is 7. The van der Waals surface area contributed by atoms with Crippen molar-refractivity contribution in [2.45, 2.75) is 44.6 Å². The number of phenols is 1. The molecule has 1 aliphatic carbocycles. The third-order valence-electron chi connectivity index (χ3n) is 6.18. The van der Waals surface area contributed by atoms with Crippen molar-refractivity contribution >= 4 is 60.7 Å². The lowest BCUT2D eigenvalue weighted by atomic mass is 9.80. The van der Waals surface area contributed by atoms with Gasteiger partial charge in [0.05, 0.1) is 23.1 Å². The summed E-state index contributed by atoms with van der Waals surface area (Å²) in [5.41, 5.74) is 0.490. The van der Waals surface area contributed by atoms with E-state index in [1.54, 1.807) is 18.2 Å². The Kier molecular flexibility index (Phi) is 7.75. The number of aliphatic hydroxyl groups excluding tert-OH is 1. The molecule has 0 bridgehead atoms. The van der Waals surface area contributed by atoms with Crippen LogP contribution in [0.2, 0.25) is 0 Å². The Morgan fingerprint density at radius 3 is 2.35 bits per heavy atom. The molecule has 1 aliphatic heterocycles. The Labute approximate surface area is 237 Å². The van der Waals surface area contributed by atoms with Crippen molar-refractivity contribution in [2.75, 3.05) is 22.3 Å². The van der Waals surface area contributed by atoms with Crippen LogP contribution in [0, 0.1) is 5.41 Å². The molecule has 4 rings (SSSR count). The summed E-state index contributed by atoms with van der Waals surface area (Å²) in [6, 6.07) is 5.99. The molecule has 0 aromatic heterocycles. The second-order valence-corrected chi connectivity index (χ2v) is 15.2. The van der Waals surface area contributed by atoms with Gasteiger partial charge in [-0.2, -0.15) is 9.46 Å². The van der Waals surface area contributed by atoms with Gasteiger partial charge in [0, 0.05) is 23.6 Å². The number of nitrogens with one attached hydrogen (secondary N) is 2. The normalized spacial score (nSPS) is 17.9. The van der Waals surface area contributed by atoms with Crippen LogP contribution >= 0.6 is 11.9 Å². The van der Waals surface area contributed by atoms with E-state index in [4.69, 9.17) is 0 Å². The second-order valence-electron chi connectivity index (χ2n) is 10.9. The fourth-order valence-electron chi connectivity index (χ4n) is 4.48. The molecule has 15 heteroatoms. The van der Waals surface area contributed by atoms with Crippen LogP contribution < -0.4 is 14.5 Å². The Balaban J connectivity index is 1.87. The van der Waals surface area contributed by atoms with E-state index in [2.05, 4.69) is 34.6 Å². The number of aryl methyl sites for hydroxylation is 1. The summed E-state index contributed by atoms with van der Waals surface area (Å²) >= 11 is 0.721. The van der Waals surface area contributed by atoms with Gasteiger partial charge in [0.2, 0.25) is 20.0 Å². The molecule has 0 fully saturated rings. The number of benzene rings is 2. The first-order valence-corrected chi connectivity index (χ1v) is 16.6. The number of hydrogen-bond acceptors (Lipinski definition) is 11. The molecule has 1 heterocycles. The maximum atomic E-state index is 13.7. The lowest BCUT2D eigenvalue weighted by molar-refractivity contribution is -0.116. The van der Waals surface area contributed by atoms with Gasteiger partial charge in [0.25, 0.3) is 0 Å². The molecule has 12 nitrogen and oxygen atoms in total. The SMILES string of the molecule is CC(C)(C)CCc1cccc2c1C(O)=C(C1=NSc3cc(NS(C)(=O)=O)cc(O)c3N1O)C(=O)C2NS(C)(=O)=O. The monoisotopic (exact) mass is 610 g/mol. The second kappa shape index (κ2) is 10.4. The van der Waals surface area contributed by atoms with E-state index in [9.17, 15) is 37.1 Å². The lowest BCUT2D eigenvalue weighted by Crippen LogP contribution is -2.42. The van der Waals surface area contributed by atoms with Crippen LogP contribution in [0.25, 0.3) is 5.76 Å². The van der Waals surface area contributed by atoms with Crippen molar-refractivity contribution in [2.24, 2.45) is 9.81 Å². The fraction of sp³-hybridized carbons (Fsp3) is 0.360. The van der Waals surface area contributed by atoms with Crippen LogP contribution in [0.3, 0.4) is 0 Å². The number of sulfonamides is 2. The predicted octanol–water partition coefficient (Wildman–Crippen LogP) is 3.50. The van der Waals surface area contributed by atoms with Gasteiger partial charge in [0.1, 0.15) is 28.8 Å². The zero-order valence-electron chi connectivity index (χ0n) is 22.4. The summed E-state index contributed by atoms with van der Waals surface area (Å²) in [7, 11) is -7.57. The maximum Gasteiger partial charge on any atom is 0.229 e. The Bertz CT molecular complexity index is 1680. The van der Waals surface area contributed by atoms with Gasteiger partial charge in [-0.05, 0) is 35.4 Å².